The average molecular weight is 358 g/mol. The second kappa shape index (κ2) is 7.54. The number of carbonyl (C=O) groups excluding carboxylic acids is 1. The number of fused-ring (bicyclic) bond motifs is 1. The van der Waals surface area contributed by atoms with Gasteiger partial charge in [-0.1, -0.05) is 60.7 Å². The van der Waals surface area contributed by atoms with Crippen LogP contribution in [0.15, 0.2) is 78.9 Å². The van der Waals surface area contributed by atoms with Gasteiger partial charge in [0.2, 0.25) is 0 Å². The van der Waals surface area contributed by atoms with E-state index < -0.39 is 0 Å². The number of hydrogen-bond donors (Lipinski definition) is 1. The molecule has 4 nitrogen and oxygen atoms in total. The first-order valence-electron chi connectivity index (χ1n) is 9.20. The Bertz CT molecular complexity index is 940. The summed E-state index contributed by atoms with van der Waals surface area (Å²) >= 11 is 0. The predicted octanol–water partition coefficient (Wildman–Crippen LogP) is 4.85. The highest BCUT2D eigenvalue weighted by Gasteiger charge is 2.33. The van der Waals surface area contributed by atoms with E-state index in [0.29, 0.717) is 18.7 Å². The van der Waals surface area contributed by atoms with Gasteiger partial charge >= 0.3 is 0 Å². The summed E-state index contributed by atoms with van der Waals surface area (Å²) in [5.74, 6) is 0.819. The van der Waals surface area contributed by atoms with Crippen LogP contribution in [-0.2, 0) is 6.61 Å². The Morgan fingerprint density at radius 2 is 1.63 bits per heavy atom. The van der Waals surface area contributed by atoms with E-state index >= 15 is 0 Å². The molecule has 1 unspecified atom stereocenters. The standard InChI is InChI=1S/C23H22N2O2/c1-2-25-22(24-20-14-8-6-12-18(20)23(25)26)19-13-7-9-15-21(19)27-16-17-10-4-3-5-11-17/h3-15,22,24H,2,16H2,1H3. The van der Waals surface area contributed by atoms with E-state index in [-0.39, 0.29) is 12.1 Å². The van der Waals surface area contributed by atoms with Crippen LogP contribution in [0, 0.1) is 0 Å². The Morgan fingerprint density at radius 3 is 2.44 bits per heavy atom. The highest BCUT2D eigenvalue weighted by atomic mass is 16.5. The summed E-state index contributed by atoms with van der Waals surface area (Å²) in [6.45, 7) is 3.09. The number of rotatable bonds is 5. The summed E-state index contributed by atoms with van der Waals surface area (Å²) in [6.07, 6.45) is -0.260. The van der Waals surface area contributed by atoms with Crippen LogP contribution in [0.2, 0.25) is 0 Å². The topological polar surface area (TPSA) is 41.6 Å². The Kier molecular flexibility index (Phi) is 4.79. The lowest BCUT2D eigenvalue weighted by Crippen LogP contribution is -2.42. The van der Waals surface area contributed by atoms with Crippen molar-refractivity contribution in [3.8, 4) is 5.75 Å². The van der Waals surface area contributed by atoms with Gasteiger partial charge in [0.05, 0.1) is 5.56 Å². The minimum Gasteiger partial charge on any atom is -0.488 e. The molecule has 0 spiro atoms. The minimum absolute atomic E-state index is 0.0368. The van der Waals surface area contributed by atoms with Crippen LogP contribution in [0.1, 0.15) is 34.6 Å². The zero-order valence-corrected chi connectivity index (χ0v) is 15.3. The molecule has 0 bridgehead atoms. The van der Waals surface area contributed by atoms with Crippen molar-refractivity contribution in [1.82, 2.24) is 4.90 Å². The Morgan fingerprint density at radius 1 is 0.926 bits per heavy atom. The Balaban J connectivity index is 1.65. The van der Waals surface area contributed by atoms with Crippen LogP contribution < -0.4 is 10.1 Å². The molecule has 0 aliphatic carbocycles. The van der Waals surface area contributed by atoms with Crippen molar-refractivity contribution in [3.63, 3.8) is 0 Å². The average Bonchev–Trinajstić information content (AvgIpc) is 2.73. The SMILES string of the molecule is CCN1C(=O)c2ccccc2NC1c1ccccc1OCc1ccccc1. The van der Waals surface area contributed by atoms with Gasteiger partial charge in [-0.15, -0.1) is 0 Å². The fraction of sp³-hybridized carbons (Fsp3) is 0.174. The number of nitrogens with one attached hydrogen (secondary N) is 1. The molecule has 4 rings (SSSR count). The molecule has 0 fully saturated rings. The predicted molar refractivity (Wildman–Crippen MR) is 107 cm³/mol. The van der Waals surface area contributed by atoms with Gasteiger partial charge in [-0.25, -0.2) is 0 Å². The molecule has 1 heterocycles. The van der Waals surface area contributed by atoms with Crippen molar-refractivity contribution in [1.29, 1.82) is 0 Å². The summed E-state index contributed by atoms with van der Waals surface area (Å²) in [6, 6.07) is 25.6. The van der Waals surface area contributed by atoms with Crippen molar-refractivity contribution < 1.29 is 9.53 Å². The molecule has 4 heteroatoms. The molecular weight excluding hydrogens is 336 g/mol. The molecule has 1 N–H and O–H groups in total. The third-order valence-corrected chi connectivity index (χ3v) is 4.81. The van der Waals surface area contributed by atoms with E-state index in [1.54, 1.807) is 0 Å². The molecular formula is C23H22N2O2. The van der Waals surface area contributed by atoms with Crippen LogP contribution in [0.25, 0.3) is 0 Å². The van der Waals surface area contributed by atoms with Crippen molar-refractivity contribution in [2.45, 2.75) is 19.7 Å². The van der Waals surface area contributed by atoms with E-state index in [2.05, 4.69) is 5.32 Å². The summed E-state index contributed by atoms with van der Waals surface area (Å²) in [7, 11) is 0. The molecule has 0 saturated carbocycles. The minimum atomic E-state index is -0.260. The molecule has 1 aliphatic heterocycles. The molecule has 3 aromatic carbocycles. The lowest BCUT2D eigenvalue weighted by Gasteiger charge is -2.38. The van der Waals surface area contributed by atoms with Crippen LogP contribution in [0.5, 0.6) is 5.75 Å². The molecule has 0 aromatic heterocycles. The van der Waals surface area contributed by atoms with Gasteiger partial charge < -0.3 is 15.0 Å². The first kappa shape index (κ1) is 17.2. The van der Waals surface area contributed by atoms with Gasteiger partial charge in [0.25, 0.3) is 5.91 Å². The number of ether oxygens (including phenoxy) is 1. The van der Waals surface area contributed by atoms with E-state index in [1.165, 1.54) is 0 Å². The number of hydrogen-bond acceptors (Lipinski definition) is 3. The molecule has 1 amide bonds. The third kappa shape index (κ3) is 3.38. The monoisotopic (exact) mass is 358 g/mol. The van der Waals surface area contributed by atoms with Gasteiger partial charge in [-0.2, -0.15) is 0 Å². The number of carbonyl (C=O) groups is 1. The van der Waals surface area contributed by atoms with Crippen LogP contribution >= 0.6 is 0 Å². The van der Waals surface area contributed by atoms with Crippen molar-refractivity contribution >= 4 is 11.6 Å². The fourth-order valence-corrected chi connectivity index (χ4v) is 3.44. The lowest BCUT2D eigenvalue weighted by atomic mass is 10.0. The maximum absolute atomic E-state index is 13.0. The second-order valence-corrected chi connectivity index (χ2v) is 6.50. The number of amides is 1. The van der Waals surface area contributed by atoms with Crippen molar-refractivity contribution in [2.75, 3.05) is 11.9 Å². The van der Waals surface area contributed by atoms with Gasteiger partial charge in [0.15, 0.2) is 0 Å². The number of para-hydroxylation sites is 2. The first-order chi connectivity index (χ1) is 13.3. The van der Waals surface area contributed by atoms with E-state index in [1.807, 2.05) is 90.7 Å². The third-order valence-electron chi connectivity index (χ3n) is 4.81. The lowest BCUT2D eigenvalue weighted by molar-refractivity contribution is 0.0692. The molecule has 1 aliphatic rings. The summed E-state index contributed by atoms with van der Waals surface area (Å²) in [4.78, 5) is 14.8. The zero-order chi connectivity index (χ0) is 18.6. The second-order valence-electron chi connectivity index (χ2n) is 6.50. The quantitative estimate of drug-likeness (QED) is 0.709. The maximum Gasteiger partial charge on any atom is 0.257 e. The Hall–Kier alpha value is -3.27. The van der Waals surface area contributed by atoms with Crippen LogP contribution in [0.4, 0.5) is 5.69 Å². The molecule has 0 radical (unpaired) electrons. The number of nitrogens with zero attached hydrogens (tertiary/aromatic N) is 1. The van der Waals surface area contributed by atoms with E-state index in [9.17, 15) is 4.79 Å². The van der Waals surface area contributed by atoms with E-state index in [0.717, 1.165) is 22.6 Å². The van der Waals surface area contributed by atoms with Crippen LogP contribution in [0.3, 0.4) is 0 Å². The normalized spacial score (nSPS) is 15.8. The highest BCUT2D eigenvalue weighted by molar-refractivity contribution is 6.01. The van der Waals surface area contributed by atoms with Gasteiger partial charge in [-0.05, 0) is 30.7 Å². The molecule has 136 valence electrons. The summed E-state index contributed by atoms with van der Waals surface area (Å²) < 4.78 is 6.11. The number of benzene rings is 3. The van der Waals surface area contributed by atoms with Gasteiger partial charge in [0, 0.05) is 17.8 Å². The maximum atomic E-state index is 13.0. The Labute approximate surface area is 159 Å². The van der Waals surface area contributed by atoms with Gasteiger partial charge in [0.1, 0.15) is 18.5 Å². The van der Waals surface area contributed by atoms with Crippen LogP contribution in [-0.4, -0.2) is 17.4 Å². The smallest absolute Gasteiger partial charge is 0.257 e. The van der Waals surface area contributed by atoms with Crippen molar-refractivity contribution in [3.05, 3.63) is 95.6 Å². The molecule has 3 aromatic rings. The molecule has 0 saturated heterocycles. The zero-order valence-electron chi connectivity index (χ0n) is 15.3. The fourth-order valence-electron chi connectivity index (χ4n) is 3.44. The van der Waals surface area contributed by atoms with E-state index in [4.69, 9.17) is 4.74 Å². The molecule has 27 heavy (non-hydrogen) atoms. The largest absolute Gasteiger partial charge is 0.488 e. The molecule has 1 atom stereocenters. The summed E-state index contributed by atoms with van der Waals surface area (Å²) in [5.41, 5.74) is 3.63. The highest BCUT2D eigenvalue weighted by Crippen LogP contribution is 2.36. The first-order valence-corrected chi connectivity index (χ1v) is 9.20. The van der Waals surface area contributed by atoms with Gasteiger partial charge in [-0.3, -0.25) is 4.79 Å². The number of anilines is 1. The summed E-state index contributed by atoms with van der Waals surface area (Å²) in [5, 5.41) is 3.51. The van der Waals surface area contributed by atoms with Crippen molar-refractivity contribution in [2.24, 2.45) is 0 Å².